The molecule has 2 N–H and O–H groups in total. The molecule has 0 saturated heterocycles. The second-order valence-corrected chi connectivity index (χ2v) is 2.71. The highest BCUT2D eigenvalue weighted by Crippen LogP contribution is 2.23. The van der Waals surface area contributed by atoms with E-state index in [2.05, 4.69) is 4.98 Å². The molecule has 0 aliphatic heterocycles. The summed E-state index contributed by atoms with van der Waals surface area (Å²) in [4.78, 5) is 4.00. The van der Waals surface area contributed by atoms with Crippen LogP contribution in [0.2, 0.25) is 0 Å². The molecule has 0 saturated carbocycles. The van der Waals surface area contributed by atoms with Gasteiger partial charge in [0, 0.05) is 11.8 Å². The second kappa shape index (κ2) is 3.54. The first-order valence-corrected chi connectivity index (χ1v) is 3.97. The first kappa shape index (κ1) is 9.00. The number of aliphatic hydroxyl groups excluding tert-OH is 1. The highest BCUT2D eigenvalue weighted by Gasteiger charge is 2.08. The molecule has 3 nitrogen and oxygen atoms in total. The summed E-state index contributed by atoms with van der Waals surface area (Å²) in [6.45, 7) is 3.55. The molecule has 0 amide bonds. The fourth-order valence-electron chi connectivity index (χ4n) is 1.17. The third-order valence-electron chi connectivity index (χ3n) is 1.97. The number of aromatic hydroxyl groups is 1. The number of aliphatic hydroxyl groups is 1. The van der Waals surface area contributed by atoms with E-state index in [9.17, 15) is 5.11 Å². The van der Waals surface area contributed by atoms with Crippen molar-refractivity contribution in [2.45, 2.75) is 26.9 Å². The topological polar surface area (TPSA) is 53.4 Å². The normalized spacial score (nSPS) is 10.2. The van der Waals surface area contributed by atoms with Crippen molar-refractivity contribution in [2.24, 2.45) is 0 Å². The Bertz CT molecular complexity index is 284. The first-order chi connectivity index (χ1) is 5.70. The molecule has 0 radical (unpaired) electrons. The molecule has 0 aliphatic carbocycles. The SMILES string of the molecule is CCc1cnc(C)c(O)c1CO. The minimum absolute atomic E-state index is 0.122. The summed E-state index contributed by atoms with van der Waals surface area (Å²) in [7, 11) is 0. The quantitative estimate of drug-likeness (QED) is 0.694. The fraction of sp³-hybridized carbons (Fsp3) is 0.444. The largest absolute Gasteiger partial charge is 0.506 e. The van der Waals surface area contributed by atoms with Crippen LogP contribution in [0, 0.1) is 6.92 Å². The predicted molar refractivity (Wildman–Crippen MR) is 45.9 cm³/mol. The van der Waals surface area contributed by atoms with Crippen molar-refractivity contribution in [3.05, 3.63) is 23.0 Å². The fourth-order valence-corrected chi connectivity index (χ4v) is 1.17. The molecular formula is C9H13NO2. The Kier molecular flexibility index (Phi) is 2.65. The number of pyridine rings is 1. The number of hydrogen-bond donors (Lipinski definition) is 2. The van der Waals surface area contributed by atoms with E-state index in [4.69, 9.17) is 5.11 Å². The van der Waals surface area contributed by atoms with E-state index in [0.717, 1.165) is 12.0 Å². The number of nitrogens with zero attached hydrogens (tertiary/aromatic N) is 1. The number of aromatic nitrogens is 1. The monoisotopic (exact) mass is 167 g/mol. The summed E-state index contributed by atoms with van der Waals surface area (Å²) in [6.07, 6.45) is 2.47. The summed E-state index contributed by atoms with van der Waals surface area (Å²) in [5.74, 6) is 0.122. The van der Waals surface area contributed by atoms with Gasteiger partial charge in [-0.25, -0.2) is 0 Å². The molecule has 0 unspecified atom stereocenters. The molecule has 1 rings (SSSR count). The van der Waals surface area contributed by atoms with Crippen LogP contribution in [-0.4, -0.2) is 15.2 Å². The standard InChI is InChI=1S/C9H13NO2/c1-3-7-4-10-6(2)9(12)8(7)5-11/h4,11-12H,3,5H2,1-2H3. The maximum absolute atomic E-state index is 9.49. The lowest BCUT2D eigenvalue weighted by Gasteiger charge is -2.08. The molecule has 1 aromatic heterocycles. The Morgan fingerprint density at radius 2 is 2.17 bits per heavy atom. The van der Waals surface area contributed by atoms with Crippen molar-refractivity contribution in [2.75, 3.05) is 0 Å². The molecule has 1 heterocycles. The van der Waals surface area contributed by atoms with Crippen molar-refractivity contribution in [1.82, 2.24) is 4.98 Å². The van der Waals surface area contributed by atoms with Gasteiger partial charge >= 0.3 is 0 Å². The molecule has 0 aliphatic rings. The van der Waals surface area contributed by atoms with Gasteiger partial charge in [0.1, 0.15) is 5.75 Å². The highest BCUT2D eigenvalue weighted by atomic mass is 16.3. The van der Waals surface area contributed by atoms with E-state index in [1.54, 1.807) is 13.1 Å². The van der Waals surface area contributed by atoms with Crippen molar-refractivity contribution in [3.8, 4) is 5.75 Å². The van der Waals surface area contributed by atoms with E-state index in [-0.39, 0.29) is 12.4 Å². The van der Waals surface area contributed by atoms with Gasteiger partial charge in [-0.1, -0.05) is 6.92 Å². The summed E-state index contributed by atoms with van der Waals surface area (Å²) in [5, 5.41) is 18.5. The van der Waals surface area contributed by atoms with Crippen LogP contribution < -0.4 is 0 Å². The van der Waals surface area contributed by atoms with Gasteiger partial charge in [0.2, 0.25) is 0 Å². The van der Waals surface area contributed by atoms with Gasteiger partial charge in [0.25, 0.3) is 0 Å². The van der Waals surface area contributed by atoms with Crippen LogP contribution >= 0.6 is 0 Å². The number of aryl methyl sites for hydroxylation is 2. The van der Waals surface area contributed by atoms with Crippen LogP contribution in [0.1, 0.15) is 23.7 Å². The summed E-state index contributed by atoms with van der Waals surface area (Å²) < 4.78 is 0. The lowest BCUT2D eigenvalue weighted by atomic mass is 10.1. The Morgan fingerprint density at radius 3 is 2.67 bits per heavy atom. The van der Waals surface area contributed by atoms with Gasteiger partial charge in [-0.05, 0) is 18.9 Å². The third-order valence-corrected chi connectivity index (χ3v) is 1.97. The highest BCUT2D eigenvalue weighted by molar-refractivity contribution is 5.40. The van der Waals surface area contributed by atoms with Crippen molar-refractivity contribution in [1.29, 1.82) is 0 Å². The summed E-state index contributed by atoms with van der Waals surface area (Å²) in [6, 6.07) is 0. The van der Waals surface area contributed by atoms with E-state index >= 15 is 0 Å². The summed E-state index contributed by atoms with van der Waals surface area (Å²) >= 11 is 0. The molecule has 3 heteroatoms. The van der Waals surface area contributed by atoms with Crippen LogP contribution in [0.3, 0.4) is 0 Å². The van der Waals surface area contributed by atoms with Crippen molar-refractivity contribution >= 4 is 0 Å². The van der Waals surface area contributed by atoms with E-state index in [1.165, 1.54) is 0 Å². The average Bonchev–Trinajstić information content (AvgIpc) is 2.09. The van der Waals surface area contributed by atoms with Gasteiger partial charge in [-0.3, -0.25) is 4.98 Å². The molecule has 66 valence electrons. The maximum atomic E-state index is 9.49. The summed E-state index contributed by atoms with van der Waals surface area (Å²) in [5.41, 5.74) is 2.07. The first-order valence-electron chi connectivity index (χ1n) is 3.97. The molecule has 0 fully saturated rings. The van der Waals surface area contributed by atoms with E-state index < -0.39 is 0 Å². The lowest BCUT2D eigenvalue weighted by molar-refractivity contribution is 0.273. The average molecular weight is 167 g/mol. The Morgan fingerprint density at radius 1 is 1.50 bits per heavy atom. The van der Waals surface area contributed by atoms with Crippen molar-refractivity contribution in [3.63, 3.8) is 0 Å². The zero-order valence-electron chi connectivity index (χ0n) is 7.33. The van der Waals surface area contributed by atoms with E-state index in [0.29, 0.717) is 11.3 Å². The molecule has 0 aromatic carbocycles. The second-order valence-electron chi connectivity index (χ2n) is 2.71. The van der Waals surface area contributed by atoms with Gasteiger partial charge < -0.3 is 10.2 Å². The Labute approximate surface area is 71.7 Å². The number of hydrogen-bond acceptors (Lipinski definition) is 3. The van der Waals surface area contributed by atoms with Gasteiger partial charge in [0.15, 0.2) is 0 Å². The van der Waals surface area contributed by atoms with Crippen LogP contribution in [0.15, 0.2) is 6.20 Å². The number of rotatable bonds is 2. The Hall–Kier alpha value is -1.09. The van der Waals surface area contributed by atoms with Gasteiger partial charge in [-0.15, -0.1) is 0 Å². The van der Waals surface area contributed by atoms with Gasteiger partial charge in [0.05, 0.1) is 12.3 Å². The molecule has 1 aromatic rings. The van der Waals surface area contributed by atoms with Crippen LogP contribution in [0.5, 0.6) is 5.75 Å². The maximum Gasteiger partial charge on any atom is 0.142 e. The van der Waals surface area contributed by atoms with Crippen LogP contribution in [0.25, 0.3) is 0 Å². The zero-order valence-corrected chi connectivity index (χ0v) is 7.33. The van der Waals surface area contributed by atoms with Crippen LogP contribution in [-0.2, 0) is 13.0 Å². The third kappa shape index (κ3) is 1.41. The van der Waals surface area contributed by atoms with Gasteiger partial charge in [-0.2, -0.15) is 0 Å². The molecule has 0 spiro atoms. The molecule has 0 bridgehead atoms. The minimum Gasteiger partial charge on any atom is -0.506 e. The van der Waals surface area contributed by atoms with Crippen LogP contribution in [0.4, 0.5) is 0 Å². The zero-order chi connectivity index (χ0) is 9.14. The molecule has 0 atom stereocenters. The lowest BCUT2D eigenvalue weighted by Crippen LogP contribution is -1.97. The predicted octanol–water partition coefficient (Wildman–Crippen LogP) is 1.15. The molecule has 12 heavy (non-hydrogen) atoms. The minimum atomic E-state index is -0.127. The molecular weight excluding hydrogens is 154 g/mol. The smallest absolute Gasteiger partial charge is 0.142 e. The van der Waals surface area contributed by atoms with E-state index in [1.807, 2.05) is 6.92 Å². The Balaban J connectivity index is 3.25. The van der Waals surface area contributed by atoms with Crippen molar-refractivity contribution < 1.29 is 10.2 Å².